The third-order valence-corrected chi connectivity index (χ3v) is 5.73. The lowest BCUT2D eigenvalue weighted by atomic mass is 10.00. The van der Waals surface area contributed by atoms with Crippen molar-refractivity contribution in [3.63, 3.8) is 0 Å². The largest absolute Gasteiger partial charge is 0.379 e. The number of ether oxygens (including phenoxy) is 1. The highest BCUT2D eigenvalue weighted by atomic mass is 16.5. The molecule has 2 heterocycles. The molecule has 0 saturated carbocycles. The molecule has 1 N–H and O–H groups in total. The van der Waals surface area contributed by atoms with E-state index in [1.165, 1.54) is 0 Å². The molecule has 4 rings (SSSR count). The van der Waals surface area contributed by atoms with Crippen molar-refractivity contribution in [3.8, 4) is 0 Å². The molecule has 1 aliphatic heterocycles. The van der Waals surface area contributed by atoms with Crippen molar-refractivity contribution in [2.45, 2.75) is 19.4 Å². The number of hydrogen-bond donors (Lipinski definition) is 1. The van der Waals surface area contributed by atoms with E-state index in [0.717, 1.165) is 43.8 Å². The van der Waals surface area contributed by atoms with Gasteiger partial charge in [-0.15, -0.1) is 0 Å². The highest BCUT2D eigenvalue weighted by molar-refractivity contribution is 6.03. The monoisotopic (exact) mass is 405 g/mol. The van der Waals surface area contributed by atoms with Gasteiger partial charge in [-0.05, 0) is 30.7 Å². The molecule has 1 saturated heterocycles. The van der Waals surface area contributed by atoms with Gasteiger partial charge in [0.2, 0.25) is 5.91 Å². The second-order valence-electron chi connectivity index (χ2n) is 7.66. The minimum atomic E-state index is -0.282. The lowest BCUT2D eigenvalue weighted by Crippen LogP contribution is -2.39. The third kappa shape index (κ3) is 4.45. The Bertz CT molecular complexity index is 1070. The summed E-state index contributed by atoms with van der Waals surface area (Å²) in [7, 11) is 0. The number of rotatable bonds is 6. The molecule has 0 aliphatic carbocycles. The van der Waals surface area contributed by atoms with Gasteiger partial charge in [-0.3, -0.25) is 14.5 Å². The molecule has 3 aromatic rings. The number of hydrogen-bond acceptors (Lipinski definition) is 4. The number of carbonyl (C=O) groups excluding carboxylic acids is 1. The van der Waals surface area contributed by atoms with Crippen LogP contribution in [-0.2, 0) is 16.1 Å². The van der Waals surface area contributed by atoms with Gasteiger partial charge in [-0.25, -0.2) is 0 Å². The zero-order valence-electron chi connectivity index (χ0n) is 17.2. The Morgan fingerprint density at radius 3 is 2.53 bits per heavy atom. The number of fused-ring (bicyclic) bond motifs is 1. The van der Waals surface area contributed by atoms with Crippen LogP contribution in [-0.4, -0.2) is 48.2 Å². The maximum atomic E-state index is 13.0. The van der Waals surface area contributed by atoms with Crippen molar-refractivity contribution < 1.29 is 9.53 Å². The zero-order valence-corrected chi connectivity index (χ0v) is 17.2. The number of benzene rings is 2. The van der Waals surface area contributed by atoms with E-state index >= 15 is 0 Å². The first-order valence-electron chi connectivity index (χ1n) is 10.4. The molecule has 6 heteroatoms. The van der Waals surface area contributed by atoms with Crippen LogP contribution in [0.1, 0.15) is 18.4 Å². The van der Waals surface area contributed by atoms with Gasteiger partial charge in [0, 0.05) is 48.8 Å². The fraction of sp³-hybridized carbons (Fsp3) is 0.333. The molecule has 2 aromatic carbocycles. The summed E-state index contributed by atoms with van der Waals surface area (Å²) in [6, 6.07) is 17.1. The summed E-state index contributed by atoms with van der Waals surface area (Å²) in [4.78, 5) is 28.1. The maximum absolute atomic E-state index is 13.0. The molecule has 1 amide bonds. The Kier molecular flexibility index (Phi) is 6.26. The molecule has 1 atom stereocenters. The third-order valence-electron chi connectivity index (χ3n) is 5.73. The smallest absolute Gasteiger partial charge is 0.258 e. The summed E-state index contributed by atoms with van der Waals surface area (Å²) in [5.74, 6) is -0.374. The highest BCUT2D eigenvalue weighted by Crippen LogP contribution is 2.23. The van der Waals surface area contributed by atoms with E-state index in [4.69, 9.17) is 4.74 Å². The van der Waals surface area contributed by atoms with Gasteiger partial charge in [0.1, 0.15) is 0 Å². The molecule has 30 heavy (non-hydrogen) atoms. The van der Waals surface area contributed by atoms with E-state index in [-0.39, 0.29) is 17.4 Å². The SMILES string of the molecule is CC(C(=O)Nc1cccc2c(=O)n(CCN3CCOCC3)ccc12)c1ccccc1. The van der Waals surface area contributed by atoms with Crippen LogP contribution in [0.25, 0.3) is 10.8 Å². The molecule has 156 valence electrons. The topological polar surface area (TPSA) is 63.6 Å². The van der Waals surface area contributed by atoms with Gasteiger partial charge in [0.05, 0.1) is 19.1 Å². The minimum absolute atomic E-state index is 0.0343. The van der Waals surface area contributed by atoms with E-state index < -0.39 is 0 Å². The Morgan fingerprint density at radius 1 is 1.00 bits per heavy atom. The van der Waals surface area contributed by atoms with Gasteiger partial charge in [-0.1, -0.05) is 36.4 Å². The molecule has 1 aromatic heterocycles. The molecular weight excluding hydrogens is 378 g/mol. The number of carbonyl (C=O) groups is 1. The molecule has 1 aliphatic rings. The fourth-order valence-corrected chi connectivity index (χ4v) is 3.81. The molecular formula is C24H27N3O3. The second kappa shape index (κ2) is 9.24. The minimum Gasteiger partial charge on any atom is -0.379 e. The van der Waals surface area contributed by atoms with Crippen molar-refractivity contribution in [1.82, 2.24) is 9.47 Å². The highest BCUT2D eigenvalue weighted by Gasteiger charge is 2.17. The Labute approximate surface area is 176 Å². The quantitative estimate of drug-likeness (QED) is 0.685. The van der Waals surface area contributed by atoms with Gasteiger partial charge in [0.25, 0.3) is 5.56 Å². The van der Waals surface area contributed by atoms with E-state index in [0.29, 0.717) is 17.6 Å². The molecule has 6 nitrogen and oxygen atoms in total. The summed E-state index contributed by atoms with van der Waals surface area (Å²) in [5.41, 5.74) is 1.59. The molecule has 1 fully saturated rings. The number of pyridine rings is 1. The van der Waals surface area contributed by atoms with Gasteiger partial charge in [0.15, 0.2) is 0 Å². The summed E-state index contributed by atoms with van der Waals surface area (Å²) >= 11 is 0. The number of nitrogens with zero attached hydrogens (tertiary/aromatic N) is 2. The van der Waals surface area contributed by atoms with Crippen molar-refractivity contribution in [3.05, 3.63) is 76.7 Å². The van der Waals surface area contributed by atoms with Crippen LogP contribution in [0.15, 0.2) is 65.6 Å². The van der Waals surface area contributed by atoms with Gasteiger partial charge < -0.3 is 14.6 Å². The van der Waals surface area contributed by atoms with Crippen molar-refractivity contribution in [2.24, 2.45) is 0 Å². The first-order chi connectivity index (χ1) is 14.6. The summed E-state index contributed by atoms with van der Waals surface area (Å²) in [6.45, 7) is 6.63. The predicted molar refractivity (Wildman–Crippen MR) is 119 cm³/mol. The number of morpholine rings is 1. The number of aromatic nitrogens is 1. The Morgan fingerprint density at radius 2 is 1.77 bits per heavy atom. The van der Waals surface area contributed by atoms with Crippen LogP contribution in [0.5, 0.6) is 0 Å². The molecule has 0 radical (unpaired) electrons. The first-order valence-corrected chi connectivity index (χ1v) is 10.4. The van der Waals surface area contributed by atoms with E-state index in [2.05, 4.69) is 10.2 Å². The summed E-state index contributed by atoms with van der Waals surface area (Å²) < 4.78 is 7.12. The van der Waals surface area contributed by atoms with Crippen LogP contribution in [0.3, 0.4) is 0 Å². The maximum Gasteiger partial charge on any atom is 0.258 e. The van der Waals surface area contributed by atoms with Crippen LogP contribution in [0, 0.1) is 0 Å². The predicted octanol–water partition coefficient (Wildman–Crippen LogP) is 3.08. The van der Waals surface area contributed by atoms with Crippen LogP contribution in [0.4, 0.5) is 5.69 Å². The Hall–Kier alpha value is -2.96. The van der Waals surface area contributed by atoms with Crippen LogP contribution >= 0.6 is 0 Å². The number of anilines is 1. The normalized spacial score (nSPS) is 15.8. The standard InChI is InChI=1S/C24H27N3O3/c1-18(19-6-3-2-4-7-19)23(28)25-22-9-5-8-21-20(22)10-11-27(24(21)29)13-12-26-14-16-30-17-15-26/h2-11,18H,12-17H2,1H3,(H,25,28). The molecule has 1 unspecified atom stereocenters. The van der Waals surface area contributed by atoms with E-state index in [1.54, 1.807) is 4.57 Å². The Balaban J connectivity index is 1.53. The lowest BCUT2D eigenvalue weighted by Gasteiger charge is -2.26. The second-order valence-corrected chi connectivity index (χ2v) is 7.66. The lowest BCUT2D eigenvalue weighted by molar-refractivity contribution is -0.117. The van der Waals surface area contributed by atoms with Crippen LogP contribution in [0.2, 0.25) is 0 Å². The van der Waals surface area contributed by atoms with E-state index in [1.807, 2.05) is 67.7 Å². The average Bonchev–Trinajstić information content (AvgIpc) is 2.80. The van der Waals surface area contributed by atoms with Crippen molar-refractivity contribution in [1.29, 1.82) is 0 Å². The fourth-order valence-electron chi connectivity index (χ4n) is 3.81. The first kappa shape index (κ1) is 20.3. The number of amides is 1. The van der Waals surface area contributed by atoms with Crippen LogP contribution < -0.4 is 10.9 Å². The van der Waals surface area contributed by atoms with E-state index in [9.17, 15) is 9.59 Å². The summed E-state index contributed by atoms with van der Waals surface area (Å²) in [5, 5.41) is 4.38. The zero-order chi connectivity index (χ0) is 20.9. The van der Waals surface area contributed by atoms with Crippen molar-refractivity contribution in [2.75, 3.05) is 38.2 Å². The van der Waals surface area contributed by atoms with Gasteiger partial charge >= 0.3 is 0 Å². The average molecular weight is 405 g/mol. The number of nitrogens with one attached hydrogen (secondary N) is 1. The summed E-state index contributed by atoms with van der Waals surface area (Å²) in [6.07, 6.45) is 1.82. The molecule has 0 bridgehead atoms. The van der Waals surface area contributed by atoms with Crippen molar-refractivity contribution >= 4 is 22.4 Å². The molecule has 0 spiro atoms. The van der Waals surface area contributed by atoms with Gasteiger partial charge in [-0.2, -0.15) is 0 Å².